The Bertz CT molecular complexity index is 3070. The first kappa shape index (κ1) is 34.3. The molecule has 4 heteroatoms. The zero-order valence-electron chi connectivity index (χ0n) is 32.1. The third-order valence-electron chi connectivity index (χ3n) is 11.1. The Balaban J connectivity index is 1.04. The van der Waals surface area contributed by atoms with Gasteiger partial charge in [-0.25, -0.2) is 0 Å². The number of fused-ring (bicyclic) bond motifs is 6. The minimum atomic E-state index is 0.860. The van der Waals surface area contributed by atoms with E-state index in [1.165, 1.54) is 27.4 Å². The molecule has 0 bridgehead atoms. The molecule has 0 unspecified atom stereocenters. The van der Waals surface area contributed by atoms with Crippen LogP contribution in [0.25, 0.3) is 60.6 Å². The Morgan fingerprint density at radius 2 is 1.19 bits per heavy atom. The number of aromatic nitrogens is 1. The van der Waals surface area contributed by atoms with Crippen LogP contribution < -0.4 is 4.90 Å². The second kappa shape index (κ2) is 14.5. The Morgan fingerprint density at radius 1 is 0.544 bits per heavy atom. The molecular weight excluding hydrogens is 695 g/mol. The Labute approximate surface area is 332 Å². The molecule has 10 aromatic rings. The largest absolute Gasteiger partial charge is 0.456 e. The van der Waals surface area contributed by atoms with Crippen LogP contribution in [0.15, 0.2) is 197 Å². The average molecular weight is 736 g/mol. The molecule has 0 aliphatic carbocycles. The van der Waals surface area contributed by atoms with Gasteiger partial charge in [-0.1, -0.05) is 123 Å². The minimum Gasteiger partial charge on any atom is -0.456 e. The summed E-state index contributed by atoms with van der Waals surface area (Å²) in [5.74, 6) is 0. The predicted octanol–water partition coefficient (Wildman–Crippen LogP) is 14.9. The van der Waals surface area contributed by atoms with Crippen molar-refractivity contribution in [1.82, 2.24) is 4.57 Å². The molecule has 0 aliphatic heterocycles. The van der Waals surface area contributed by atoms with E-state index >= 15 is 0 Å². The number of furan rings is 1. The first-order chi connectivity index (χ1) is 28.1. The van der Waals surface area contributed by atoms with E-state index in [1.54, 1.807) is 0 Å². The number of benzene rings is 8. The molecule has 0 N–H and O–H groups in total. The summed E-state index contributed by atoms with van der Waals surface area (Å²) in [6.07, 6.45) is 2.00. The third-order valence-corrected chi connectivity index (χ3v) is 11.1. The van der Waals surface area contributed by atoms with Crippen LogP contribution in [0, 0.1) is 0 Å². The number of nitrogens with zero attached hydrogens (tertiary/aromatic N) is 3. The highest BCUT2D eigenvalue weighted by Gasteiger charge is 2.19. The molecule has 0 fully saturated rings. The van der Waals surface area contributed by atoms with Crippen molar-refractivity contribution in [3.63, 3.8) is 0 Å². The molecule has 4 nitrogen and oxygen atoms in total. The molecule has 2 heterocycles. The lowest BCUT2D eigenvalue weighted by molar-refractivity contribution is 0.669. The van der Waals surface area contributed by atoms with Gasteiger partial charge < -0.3 is 13.9 Å². The summed E-state index contributed by atoms with van der Waals surface area (Å²) < 4.78 is 8.93. The minimum absolute atomic E-state index is 0.860. The zero-order chi connectivity index (χ0) is 38.3. The van der Waals surface area contributed by atoms with E-state index in [0.29, 0.717) is 0 Å². The van der Waals surface area contributed by atoms with Crippen LogP contribution in [-0.2, 0) is 6.42 Å². The highest BCUT2D eigenvalue weighted by molar-refractivity contribution is 6.14. The monoisotopic (exact) mass is 735 g/mol. The second-order valence-electron chi connectivity index (χ2n) is 14.7. The molecule has 10 rings (SSSR count). The highest BCUT2D eigenvalue weighted by atomic mass is 16.3. The lowest BCUT2D eigenvalue weighted by atomic mass is 10.00. The third kappa shape index (κ3) is 6.16. The fourth-order valence-corrected chi connectivity index (χ4v) is 8.37. The summed E-state index contributed by atoms with van der Waals surface area (Å²) in [6.45, 7) is 4.31. The van der Waals surface area contributed by atoms with Gasteiger partial charge in [0.2, 0.25) is 0 Å². The average Bonchev–Trinajstić information content (AvgIpc) is 3.81. The fraction of sp³-hybridized carbons (Fsp3) is 0.0755. The van der Waals surface area contributed by atoms with E-state index in [9.17, 15) is 0 Å². The molecule has 0 radical (unpaired) electrons. The van der Waals surface area contributed by atoms with E-state index in [0.717, 1.165) is 85.6 Å². The number of anilines is 3. The normalized spacial score (nSPS) is 11.9. The molecule has 57 heavy (non-hydrogen) atoms. The first-order valence-electron chi connectivity index (χ1n) is 19.8. The summed E-state index contributed by atoms with van der Waals surface area (Å²) in [5.41, 5.74) is 15.1. The molecule has 0 spiro atoms. The molecule has 0 saturated heterocycles. The van der Waals surface area contributed by atoms with E-state index in [4.69, 9.17) is 9.41 Å². The summed E-state index contributed by atoms with van der Waals surface area (Å²) >= 11 is 0. The maximum absolute atomic E-state index is 6.57. The first-order valence-corrected chi connectivity index (χ1v) is 19.8. The van der Waals surface area contributed by atoms with Crippen molar-refractivity contribution in [3.8, 4) is 16.8 Å². The summed E-state index contributed by atoms with van der Waals surface area (Å²) in [5, 5.41) is 4.61. The van der Waals surface area contributed by atoms with Gasteiger partial charge in [-0.2, -0.15) is 0 Å². The Kier molecular flexibility index (Phi) is 8.72. The van der Waals surface area contributed by atoms with Gasteiger partial charge in [-0.05, 0) is 114 Å². The van der Waals surface area contributed by atoms with Crippen molar-refractivity contribution in [3.05, 3.63) is 199 Å². The standard InChI is InChI=1S/C53H41N3O/c1-3-15-39-27-33-50-52(53(39)54-36(2)37-16-7-4-8-17-37)46-31-26-40(34-51(46)57-50)38-24-28-43(29-25-38)55(41-18-9-5-10-19-41)44-30-32-49-47(35-44)45-22-13-14-23-48(45)56(49)42-20-11-6-12-21-42/h4-14,16-35H,3,15H2,1-2H3. The number of hydrogen-bond donors (Lipinski definition) is 0. The molecular formula is C53H41N3O. The summed E-state index contributed by atoms with van der Waals surface area (Å²) in [7, 11) is 0. The second-order valence-corrected chi connectivity index (χ2v) is 14.7. The van der Waals surface area contributed by atoms with Crippen molar-refractivity contribution in [2.45, 2.75) is 26.7 Å². The van der Waals surface area contributed by atoms with Crippen LogP contribution in [0.3, 0.4) is 0 Å². The quantitative estimate of drug-likeness (QED) is 0.138. The number of para-hydroxylation sites is 3. The van der Waals surface area contributed by atoms with Gasteiger partial charge in [0.05, 0.1) is 22.1 Å². The molecule has 0 amide bonds. The topological polar surface area (TPSA) is 33.7 Å². The zero-order valence-corrected chi connectivity index (χ0v) is 32.1. The van der Waals surface area contributed by atoms with Crippen molar-refractivity contribution in [1.29, 1.82) is 0 Å². The lowest BCUT2D eigenvalue weighted by Crippen LogP contribution is -2.09. The van der Waals surface area contributed by atoms with Gasteiger partial charge in [-0.15, -0.1) is 0 Å². The SMILES string of the molecule is CCCc1ccc2oc3cc(-c4ccc(N(c5ccccc5)c5ccc6c(c5)c5ccccc5n6-c5ccccc5)cc4)ccc3c2c1N=C(C)c1ccccc1. The van der Waals surface area contributed by atoms with E-state index in [1.807, 2.05) is 6.07 Å². The van der Waals surface area contributed by atoms with E-state index < -0.39 is 0 Å². The molecule has 2 aromatic heterocycles. The number of aliphatic imine (C=N–C) groups is 1. The summed E-state index contributed by atoms with van der Waals surface area (Å²) in [6, 6.07) is 66.9. The van der Waals surface area contributed by atoms with Gasteiger partial charge in [0, 0.05) is 44.6 Å². The van der Waals surface area contributed by atoms with Gasteiger partial charge in [0.25, 0.3) is 0 Å². The maximum atomic E-state index is 6.57. The van der Waals surface area contributed by atoms with Crippen LogP contribution in [0.5, 0.6) is 0 Å². The fourth-order valence-electron chi connectivity index (χ4n) is 8.37. The van der Waals surface area contributed by atoms with Crippen molar-refractivity contribution in [2.75, 3.05) is 4.90 Å². The molecule has 0 saturated carbocycles. The van der Waals surface area contributed by atoms with Gasteiger partial charge in [0.1, 0.15) is 11.2 Å². The van der Waals surface area contributed by atoms with Crippen LogP contribution in [-0.4, -0.2) is 10.3 Å². The smallest absolute Gasteiger partial charge is 0.137 e. The summed E-state index contributed by atoms with van der Waals surface area (Å²) in [4.78, 5) is 7.59. The van der Waals surface area contributed by atoms with Gasteiger partial charge in [-0.3, -0.25) is 4.99 Å². The Morgan fingerprint density at radius 3 is 1.96 bits per heavy atom. The maximum Gasteiger partial charge on any atom is 0.137 e. The van der Waals surface area contributed by atoms with Crippen LogP contribution in [0.2, 0.25) is 0 Å². The molecule has 8 aromatic carbocycles. The molecule has 0 aliphatic rings. The highest BCUT2D eigenvalue weighted by Crippen LogP contribution is 2.42. The lowest BCUT2D eigenvalue weighted by Gasteiger charge is -2.26. The number of rotatable bonds is 9. The number of aryl methyl sites for hydroxylation is 1. The van der Waals surface area contributed by atoms with E-state index in [-0.39, 0.29) is 0 Å². The number of hydrogen-bond acceptors (Lipinski definition) is 3. The van der Waals surface area contributed by atoms with Crippen LogP contribution >= 0.6 is 0 Å². The van der Waals surface area contributed by atoms with Crippen molar-refractivity contribution < 1.29 is 4.42 Å². The molecule has 274 valence electrons. The Hall–Kier alpha value is -7.17. The van der Waals surface area contributed by atoms with E-state index in [2.05, 4.69) is 205 Å². The van der Waals surface area contributed by atoms with Crippen molar-refractivity contribution >= 4 is 72.2 Å². The van der Waals surface area contributed by atoms with Gasteiger partial charge in [0.15, 0.2) is 0 Å². The predicted molar refractivity (Wildman–Crippen MR) is 240 cm³/mol. The van der Waals surface area contributed by atoms with Gasteiger partial charge >= 0.3 is 0 Å². The van der Waals surface area contributed by atoms with Crippen molar-refractivity contribution in [2.24, 2.45) is 4.99 Å². The molecule has 0 atom stereocenters. The van der Waals surface area contributed by atoms with Crippen LogP contribution in [0.1, 0.15) is 31.4 Å². The van der Waals surface area contributed by atoms with Crippen LogP contribution in [0.4, 0.5) is 22.7 Å².